The Morgan fingerprint density at radius 1 is 1.15 bits per heavy atom. The Hall–Kier alpha value is 0.0200. The molecule has 0 aromatic heterocycles. The van der Waals surface area contributed by atoms with Crippen LogP contribution in [-0.2, 0) is 0 Å². The van der Waals surface area contributed by atoms with E-state index in [2.05, 4.69) is 65.8 Å². The van der Waals surface area contributed by atoms with Gasteiger partial charge in [-0.05, 0) is 71.1 Å². The summed E-state index contributed by atoms with van der Waals surface area (Å²) in [6.45, 7) is 2.78. The number of hydrogen-bond acceptors (Lipinski definition) is 1. The third-order valence-electron chi connectivity index (χ3n) is 2.95. The average Bonchev–Trinajstić information content (AvgIpc) is 2.42. The lowest BCUT2D eigenvalue weighted by molar-refractivity contribution is 0.557. The zero-order valence-electron chi connectivity index (χ0n) is 10.8. The summed E-state index contributed by atoms with van der Waals surface area (Å²) < 4.78 is 17.2. The molecule has 106 valence electrons. The molecule has 0 radical (unpaired) electrons. The van der Waals surface area contributed by atoms with Crippen molar-refractivity contribution in [2.24, 2.45) is 0 Å². The zero-order valence-corrected chi connectivity index (χ0v) is 16.1. The number of benzene rings is 2. The van der Waals surface area contributed by atoms with Crippen LogP contribution in [0.2, 0.25) is 0 Å². The van der Waals surface area contributed by atoms with Crippen molar-refractivity contribution in [1.29, 1.82) is 0 Å². The molecule has 5 heteroatoms. The fourth-order valence-corrected chi connectivity index (χ4v) is 3.43. The van der Waals surface area contributed by atoms with Crippen molar-refractivity contribution >= 4 is 54.5 Å². The van der Waals surface area contributed by atoms with E-state index in [1.165, 1.54) is 6.07 Å². The molecule has 0 aliphatic rings. The van der Waals surface area contributed by atoms with Crippen molar-refractivity contribution in [3.05, 3.63) is 65.9 Å². The molecule has 1 N–H and O–H groups in total. The fraction of sp³-hybridized carbons (Fsp3) is 0.200. The first-order chi connectivity index (χ1) is 9.52. The minimum Gasteiger partial charge on any atom is -0.306 e. The normalized spacial score (nSPS) is 12.4. The van der Waals surface area contributed by atoms with Crippen LogP contribution in [0.3, 0.4) is 0 Å². The van der Waals surface area contributed by atoms with Crippen molar-refractivity contribution in [2.45, 2.75) is 13.0 Å². The Morgan fingerprint density at radius 3 is 2.60 bits per heavy atom. The summed E-state index contributed by atoms with van der Waals surface area (Å²) in [6, 6.07) is 10.9. The van der Waals surface area contributed by atoms with Crippen LogP contribution >= 0.6 is 54.5 Å². The molecule has 0 bridgehead atoms. The van der Waals surface area contributed by atoms with Gasteiger partial charge < -0.3 is 5.32 Å². The highest BCUT2D eigenvalue weighted by atomic mass is 127. The summed E-state index contributed by atoms with van der Waals surface area (Å²) >= 11 is 9.24. The molecule has 0 aliphatic heterocycles. The van der Waals surface area contributed by atoms with Gasteiger partial charge in [-0.3, -0.25) is 0 Å². The maximum Gasteiger partial charge on any atom is 0.128 e. The summed E-state index contributed by atoms with van der Waals surface area (Å²) in [6.07, 6.45) is 0. The van der Waals surface area contributed by atoms with Crippen LogP contribution in [-0.4, -0.2) is 6.54 Å². The monoisotopic (exact) mass is 511 g/mol. The Kier molecular flexibility index (Phi) is 6.01. The van der Waals surface area contributed by atoms with Gasteiger partial charge in [-0.2, -0.15) is 0 Å². The Balaban J connectivity index is 2.55. The summed E-state index contributed by atoms with van der Waals surface area (Å²) in [5.74, 6) is -0.204. The van der Waals surface area contributed by atoms with Crippen LogP contribution in [0.25, 0.3) is 0 Å². The van der Waals surface area contributed by atoms with Gasteiger partial charge in [-0.15, -0.1) is 0 Å². The van der Waals surface area contributed by atoms with Gasteiger partial charge in [0.25, 0.3) is 0 Å². The largest absolute Gasteiger partial charge is 0.306 e. The Labute approximate surface area is 148 Å². The van der Waals surface area contributed by atoms with E-state index in [4.69, 9.17) is 0 Å². The van der Waals surface area contributed by atoms with Gasteiger partial charge in [0, 0.05) is 18.1 Å². The third-order valence-corrected chi connectivity index (χ3v) is 4.83. The minimum atomic E-state index is -0.204. The van der Waals surface area contributed by atoms with Crippen molar-refractivity contribution in [3.63, 3.8) is 0 Å². The SMILES string of the molecule is CCNC(c1cc(Br)ccc1F)c1cc(I)ccc1Br. The van der Waals surface area contributed by atoms with Crippen LogP contribution in [0.5, 0.6) is 0 Å². The lowest BCUT2D eigenvalue weighted by Gasteiger charge is -2.21. The quantitative estimate of drug-likeness (QED) is 0.522. The van der Waals surface area contributed by atoms with E-state index in [9.17, 15) is 4.39 Å². The van der Waals surface area contributed by atoms with E-state index in [-0.39, 0.29) is 11.9 Å². The zero-order chi connectivity index (χ0) is 14.7. The maximum atomic E-state index is 14.2. The molecule has 1 unspecified atom stereocenters. The highest BCUT2D eigenvalue weighted by Crippen LogP contribution is 2.32. The molecule has 0 fully saturated rings. The summed E-state index contributed by atoms with van der Waals surface area (Å²) in [7, 11) is 0. The van der Waals surface area contributed by atoms with Gasteiger partial charge in [0.05, 0.1) is 6.04 Å². The van der Waals surface area contributed by atoms with Crippen molar-refractivity contribution in [2.75, 3.05) is 6.54 Å². The number of halogens is 4. The van der Waals surface area contributed by atoms with Gasteiger partial charge in [0.15, 0.2) is 0 Å². The lowest BCUT2D eigenvalue weighted by Crippen LogP contribution is -2.23. The first-order valence-electron chi connectivity index (χ1n) is 6.16. The molecule has 0 heterocycles. The van der Waals surface area contributed by atoms with E-state index in [1.807, 2.05) is 25.1 Å². The molecule has 20 heavy (non-hydrogen) atoms. The second-order valence-corrected chi connectivity index (χ2v) is 7.34. The Bertz CT molecular complexity index is 567. The number of nitrogens with one attached hydrogen (secondary N) is 1. The minimum absolute atomic E-state index is 0.179. The van der Waals surface area contributed by atoms with Crippen molar-refractivity contribution in [3.8, 4) is 0 Å². The van der Waals surface area contributed by atoms with Gasteiger partial charge in [-0.25, -0.2) is 4.39 Å². The van der Waals surface area contributed by atoms with Crippen LogP contribution in [0.4, 0.5) is 4.39 Å². The van der Waals surface area contributed by atoms with Gasteiger partial charge in [0.1, 0.15) is 5.82 Å². The predicted octanol–water partition coefficient (Wildman–Crippen LogP) is 5.65. The van der Waals surface area contributed by atoms with Crippen LogP contribution in [0.1, 0.15) is 24.1 Å². The van der Waals surface area contributed by atoms with E-state index in [1.54, 1.807) is 6.07 Å². The maximum absolute atomic E-state index is 14.2. The molecule has 2 rings (SSSR count). The molecule has 2 aromatic rings. The highest BCUT2D eigenvalue weighted by Gasteiger charge is 2.20. The molecule has 1 atom stereocenters. The van der Waals surface area contributed by atoms with Gasteiger partial charge >= 0.3 is 0 Å². The van der Waals surface area contributed by atoms with Gasteiger partial charge in [-0.1, -0.05) is 38.8 Å². The summed E-state index contributed by atoms with van der Waals surface area (Å²) in [5.41, 5.74) is 1.68. The standard InChI is InChI=1S/C15H13Br2FIN/c1-2-20-15(11-8-10(19)4-5-13(11)17)12-7-9(16)3-6-14(12)18/h3-8,15,20H,2H2,1H3. The van der Waals surface area contributed by atoms with Crippen LogP contribution in [0, 0.1) is 9.39 Å². The third kappa shape index (κ3) is 3.81. The molecular formula is C15H13Br2FIN. The molecule has 2 aromatic carbocycles. The topological polar surface area (TPSA) is 12.0 Å². The first-order valence-corrected chi connectivity index (χ1v) is 8.82. The van der Waals surface area contributed by atoms with Crippen molar-refractivity contribution < 1.29 is 4.39 Å². The van der Waals surface area contributed by atoms with Gasteiger partial charge in [0.2, 0.25) is 0 Å². The molecule has 0 aliphatic carbocycles. The Morgan fingerprint density at radius 2 is 1.90 bits per heavy atom. The molecule has 0 amide bonds. The number of hydrogen-bond donors (Lipinski definition) is 1. The molecule has 1 nitrogen and oxygen atoms in total. The first kappa shape index (κ1) is 16.4. The highest BCUT2D eigenvalue weighted by molar-refractivity contribution is 14.1. The summed E-state index contributed by atoms with van der Waals surface area (Å²) in [5, 5.41) is 3.36. The summed E-state index contributed by atoms with van der Waals surface area (Å²) in [4.78, 5) is 0. The van der Waals surface area contributed by atoms with E-state index >= 15 is 0 Å². The van der Waals surface area contributed by atoms with E-state index in [0.29, 0.717) is 5.56 Å². The molecule has 0 saturated carbocycles. The molecule has 0 saturated heterocycles. The predicted molar refractivity (Wildman–Crippen MR) is 96.5 cm³/mol. The molecule has 0 spiro atoms. The van der Waals surface area contributed by atoms with Crippen LogP contribution < -0.4 is 5.32 Å². The van der Waals surface area contributed by atoms with Crippen molar-refractivity contribution in [1.82, 2.24) is 5.32 Å². The lowest BCUT2D eigenvalue weighted by atomic mass is 9.98. The average molecular weight is 513 g/mol. The van der Waals surface area contributed by atoms with Crippen LogP contribution in [0.15, 0.2) is 45.3 Å². The number of rotatable bonds is 4. The second kappa shape index (κ2) is 7.33. The van der Waals surface area contributed by atoms with E-state index < -0.39 is 0 Å². The van der Waals surface area contributed by atoms with E-state index in [0.717, 1.165) is 24.6 Å². The second-order valence-electron chi connectivity index (χ2n) is 4.32. The smallest absolute Gasteiger partial charge is 0.128 e. The molecular weight excluding hydrogens is 500 g/mol. The fourth-order valence-electron chi connectivity index (χ4n) is 2.06.